The monoisotopic (exact) mass is 290 g/mol. The maximum Gasteiger partial charge on any atom is 0.135 e. The summed E-state index contributed by atoms with van der Waals surface area (Å²) in [6, 6.07) is 8.09. The smallest absolute Gasteiger partial charge is 0.135 e. The SMILES string of the molecule is CCC1CCCCC1Oc1ccccc1C#CCCCl. The zero-order valence-electron chi connectivity index (χ0n) is 12.2. The van der Waals surface area contributed by atoms with Crippen LogP contribution in [0.3, 0.4) is 0 Å². The second kappa shape index (κ2) is 8.22. The second-order valence-corrected chi connectivity index (χ2v) is 5.72. The van der Waals surface area contributed by atoms with Crippen LogP contribution in [0.5, 0.6) is 5.75 Å². The molecule has 2 atom stereocenters. The molecule has 0 amide bonds. The summed E-state index contributed by atoms with van der Waals surface area (Å²) in [4.78, 5) is 0. The quantitative estimate of drug-likeness (QED) is 0.559. The van der Waals surface area contributed by atoms with Gasteiger partial charge in [0.15, 0.2) is 0 Å². The molecule has 1 fully saturated rings. The van der Waals surface area contributed by atoms with Gasteiger partial charge in [0.1, 0.15) is 11.9 Å². The Bertz CT molecular complexity index is 472. The first kappa shape index (κ1) is 15.3. The van der Waals surface area contributed by atoms with Gasteiger partial charge in [-0.3, -0.25) is 0 Å². The molecule has 0 bridgehead atoms. The van der Waals surface area contributed by atoms with Crippen LogP contribution in [0.1, 0.15) is 51.0 Å². The Morgan fingerprint density at radius 3 is 2.85 bits per heavy atom. The summed E-state index contributed by atoms with van der Waals surface area (Å²) in [5.41, 5.74) is 0.984. The lowest BCUT2D eigenvalue weighted by Gasteiger charge is -2.31. The van der Waals surface area contributed by atoms with Gasteiger partial charge >= 0.3 is 0 Å². The molecule has 0 saturated heterocycles. The lowest BCUT2D eigenvalue weighted by molar-refractivity contribution is 0.0901. The van der Waals surface area contributed by atoms with Crippen molar-refractivity contribution in [2.45, 2.75) is 51.6 Å². The standard InChI is InChI=1S/C18H23ClO/c1-2-15-9-3-5-12-17(15)20-18-13-6-4-10-16(18)11-7-8-14-19/h4,6,10,13,15,17H,2-3,5,8-9,12,14H2,1H3. The molecule has 1 aromatic carbocycles. The van der Waals surface area contributed by atoms with Gasteiger partial charge in [-0.2, -0.15) is 0 Å². The number of halogens is 1. The summed E-state index contributed by atoms with van der Waals surface area (Å²) < 4.78 is 6.29. The Labute approximate surface area is 127 Å². The minimum Gasteiger partial charge on any atom is -0.489 e. The number of rotatable bonds is 4. The van der Waals surface area contributed by atoms with Gasteiger partial charge in [0, 0.05) is 12.3 Å². The van der Waals surface area contributed by atoms with Gasteiger partial charge in [0.25, 0.3) is 0 Å². The molecule has 0 N–H and O–H groups in total. The third-order valence-corrected chi connectivity index (χ3v) is 4.16. The number of para-hydroxylation sites is 1. The lowest BCUT2D eigenvalue weighted by atomic mass is 9.84. The molecule has 0 radical (unpaired) electrons. The van der Waals surface area contributed by atoms with E-state index in [9.17, 15) is 0 Å². The van der Waals surface area contributed by atoms with Crippen molar-refractivity contribution < 1.29 is 4.74 Å². The van der Waals surface area contributed by atoms with E-state index in [2.05, 4.69) is 18.8 Å². The Morgan fingerprint density at radius 1 is 1.25 bits per heavy atom. The molecular formula is C18H23ClO. The first-order valence-electron chi connectivity index (χ1n) is 7.65. The van der Waals surface area contributed by atoms with Crippen LogP contribution in [0.2, 0.25) is 0 Å². The maximum atomic E-state index is 6.29. The molecule has 2 rings (SSSR count). The highest BCUT2D eigenvalue weighted by Crippen LogP contribution is 2.31. The molecular weight excluding hydrogens is 268 g/mol. The molecule has 1 saturated carbocycles. The second-order valence-electron chi connectivity index (χ2n) is 5.35. The van der Waals surface area contributed by atoms with Crippen LogP contribution in [0.4, 0.5) is 0 Å². The molecule has 0 spiro atoms. The van der Waals surface area contributed by atoms with Gasteiger partial charge in [-0.25, -0.2) is 0 Å². The normalized spacial score (nSPS) is 21.9. The average Bonchev–Trinajstić information content (AvgIpc) is 2.50. The van der Waals surface area contributed by atoms with E-state index in [4.69, 9.17) is 16.3 Å². The molecule has 0 heterocycles. The summed E-state index contributed by atoms with van der Waals surface area (Å²) in [5, 5.41) is 0. The fourth-order valence-corrected chi connectivity index (χ4v) is 2.93. The molecule has 1 nitrogen and oxygen atoms in total. The van der Waals surface area contributed by atoms with Crippen LogP contribution in [0.15, 0.2) is 24.3 Å². The summed E-state index contributed by atoms with van der Waals surface area (Å²) in [6.07, 6.45) is 7.35. The van der Waals surface area contributed by atoms with Crippen molar-refractivity contribution in [3.8, 4) is 17.6 Å². The van der Waals surface area contributed by atoms with Gasteiger partial charge < -0.3 is 4.74 Å². The van der Waals surface area contributed by atoms with Gasteiger partial charge in [-0.05, 0) is 43.7 Å². The van der Waals surface area contributed by atoms with E-state index in [0.717, 1.165) is 17.7 Å². The van der Waals surface area contributed by atoms with Crippen LogP contribution in [0.25, 0.3) is 0 Å². The first-order chi connectivity index (χ1) is 9.85. The summed E-state index contributed by atoms with van der Waals surface area (Å²) in [7, 11) is 0. The summed E-state index contributed by atoms with van der Waals surface area (Å²) in [5.74, 6) is 8.47. The van der Waals surface area contributed by atoms with E-state index in [0.29, 0.717) is 17.9 Å². The highest BCUT2D eigenvalue weighted by atomic mass is 35.5. The van der Waals surface area contributed by atoms with Crippen molar-refractivity contribution in [2.24, 2.45) is 5.92 Å². The topological polar surface area (TPSA) is 9.23 Å². The molecule has 0 aliphatic heterocycles. The Kier molecular flexibility index (Phi) is 6.27. The van der Waals surface area contributed by atoms with Crippen LogP contribution >= 0.6 is 11.6 Å². The van der Waals surface area contributed by atoms with Crippen molar-refractivity contribution in [3.63, 3.8) is 0 Å². The van der Waals surface area contributed by atoms with Gasteiger partial charge in [0.2, 0.25) is 0 Å². The Morgan fingerprint density at radius 2 is 2.05 bits per heavy atom. The molecule has 1 aliphatic carbocycles. The fourth-order valence-electron chi connectivity index (χ4n) is 2.84. The van der Waals surface area contributed by atoms with Crippen molar-refractivity contribution in [1.82, 2.24) is 0 Å². The highest BCUT2D eigenvalue weighted by molar-refractivity contribution is 6.18. The number of hydrogen-bond donors (Lipinski definition) is 0. The molecule has 2 unspecified atom stereocenters. The minimum absolute atomic E-state index is 0.352. The van der Waals surface area contributed by atoms with Gasteiger partial charge in [-0.15, -0.1) is 11.6 Å². The molecule has 1 aliphatic rings. The van der Waals surface area contributed by atoms with Crippen molar-refractivity contribution in [1.29, 1.82) is 0 Å². The van der Waals surface area contributed by atoms with Crippen LogP contribution in [-0.4, -0.2) is 12.0 Å². The van der Waals surface area contributed by atoms with E-state index in [1.807, 2.05) is 24.3 Å². The summed E-state index contributed by atoms with van der Waals surface area (Å²) in [6.45, 7) is 2.26. The number of alkyl halides is 1. The van der Waals surface area contributed by atoms with E-state index >= 15 is 0 Å². The number of benzene rings is 1. The van der Waals surface area contributed by atoms with Crippen LogP contribution in [-0.2, 0) is 0 Å². The fraction of sp³-hybridized carbons (Fsp3) is 0.556. The minimum atomic E-state index is 0.352. The average molecular weight is 291 g/mol. The molecule has 108 valence electrons. The van der Waals surface area contributed by atoms with E-state index in [1.165, 1.54) is 32.1 Å². The summed E-state index contributed by atoms with van der Waals surface area (Å²) >= 11 is 5.67. The highest BCUT2D eigenvalue weighted by Gasteiger charge is 2.25. The van der Waals surface area contributed by atoms with E-state index < -0.39 is 0 Å². The predicted octanol–water partition coefficient (Wildman–Crippen LogP) is 5.01. The Hall–Kier alpha value is -1.13. The largest absolute Gasteiger partial charge is 0.489 e. The van der Waals surface area contributed by atoms with Crippen LogP contribution < -0.4 is 4.74 Å². The first-order valence-corrected chi connectivity index (χ1v) is 8.19. The zero-order valence-corrected chi connectivity index (χ0v) is 13.0. The molecule has 20 heavy (non-hydrogen) atoms. The van der Waals surface area contributed by atoms with Crippen LogP contribution in [0, 0.1) is 17.8 Å². The van der Waals surface area contributed by atoms with Crippen molar-refractivity contribution >= 4 is 11.6 Å². The lowest BCUT2D eigenvalue weighted by Crippen LogP contribution is -2.30. The van der Waals surface area contributed by atoms with Crippen molar-refractivity contribution in [2.75, 3.05) is 5.88 Å². The number of hydrogen-bond acceptors (Lipinski definition) is 1. The molecule has 0 aromatic heterocycles. The van der Waals surface area contributed by atoms with E-state index in [1.54, 1.807) is 0 Å². The van der Waals surface area contributed by atoms with Crippen molar-refractivity contribution in [3.05, 3.63) is 29.8 Å². The third kappa shape index (κ3) is 4.18. The zero-order chi connectivity index (χ0) is 14.2. The molecule has 1 aromatic rings. The number of ether oxygens (including phenoxy) is 1. The maximum absolute atomic E-state index is 6.29. The Balaban J connectivity index is 2.10. The third-order valence-electron chi connectivity index (χ3n) is 3.97. The van der Waals surface area contributed by atoms with E-state index in [-0.39, 0.29) is 0 Å². The predicted molar refractivity (Wildman–Crippen MR) is 85.3 cm³/mol. The van der Waals surface area contributed by atoms with Gasteiger partial charge in [-0.1, -0.05) is 37.3 Å². The van der Waals surface area contributed by atoms with Gasteiger partial charge in [0.05, 0.1) is 5.56 Å². The molecule has 2 heteroatoms.